The molecule has 1 rings (SSSR count). The number of nitrogens with one attached hydrogen (secondary N) is 1. The molecule has 2 N–H and O–H groups in total. The van der Waals surface area contributed by atoms with Crippen molar-refractivity contribution in [1.29, 1.82) is 0 Å². The minimum atomic E-state index is -1.46. The highest BCUT2D eigenvalue weighted by molar-refractivity contribution is 5.90. The molecule has 5 nitrogen and oxygen atoms in total. The number of ether oxygens (including phenoxy) is 1. The number of amides is 1. The average molecular weight is 293 g/mol. The smallest absolute Gasteiger partial charge is 0.333 e. The molecule has 0 aliphatic carbocycles. The summed E-state index contributed by atoms with van der Waals surface area (Å²) in [7, 11) is 1.27. The Hall–Kier alpha value is -1.88. The highest BCUT2D eigenvalue weighted by Gasteiger charge is 2.36. The molecule has 0 radical (unpaired) electrons. The van der Waals surface area contributed by atoms with Gasteiger partial charge >= 0.3 is 5.97 Å². The molecular weight excluding hydrogens is 270 g/mol. The third-order valence-electron chi connectivity index (χ3n) is 3.52. The first-order valence-electron chi connectivity index (χ1n) is 7.14. The molecule has 21 heavy (non-hydrogen) atoms. The van der Waals surface area contributed by atoms with Crippen LogP contribution in [0.1, 0.15) is 44.7 Å². The van der Waals surface area contributed by atoms with Crippen LogP contribution in [0, 0.1) is 0 Å². The number of carbonyl (C=O) groups excluding carboxylic acids is 2. The molecular formula is C16H23NO4. The fraction of sp³-hybridized carbons (Fsp3) is 0.500. The minimum absolute atomic E-state index is 0.287. The van der Waals surface area contributed by atoms with Gasteiger partial charge in [0.25, 0.3) is 5.91 Å². The van der Waals surface area contributed by atoms with Gasteiger partial charge < -0.3 is 15.2 Å². The Morgan fingerprint density at radius 2 is 1.90 bits per heavy atom. The van der Waals surface area contributed by atoms with Gasteiger partial charge in [0.15, 0.2) is 6.04 Å². The van der Waals surface area contributed by atoms with E-state index in [9.17, 15) is 14.7 Å². The average Bonchev–Trinajstić information content (AvgIpc) is 2.52. The van der Waals surface area contributed by atoms with Crippen LogP contribution in [0.25, 0.3) is 0 Å². The topological polar surface area (TPSA) is 75.6 Å². The zero-order chi connectivity index (χ0) is 15.9. The summed E-state index contributed by atoms with van der Waals surface area (Å²) in [5.41, 5.74) is -0.844. The van der Waals surface area contributed by atoms with Crippen molar-refractivity contribution in [2.75, 3.05) is 7.11 Å². The monoisotopic (exact) mass is 293 g/mol. The third-order valence-corrected chi connectivity index (χ3v) is 3.52. The Balaban J connectivity index is 2.97. The largest absolute Gasteiger partial charge is 0.467 e. The van der Waals surface area contributed by atoms with Gasteiger partial charge in [0, 0.05) is 0 Å². The van der Waals surface area contributed by atoms with Crippen molar-refractivity contribution in [1.82, 2.24) is 5.32 Å². The Morgan fingerprint density at radius 3 is 2.38 bits per heavy atom. The van der Waals surface area contributed by atoms with E-state index in [-0.39, 0.29) is 6.42 Å². The van der Waals surface area contributed by atoms with Crippen LogP contribution in [0.4, 0.5) is 0 Å². The van der Waals surface area contributed by atoms with Crippen LogP contribution >= 0.6 is 0 Å². The number of hydrogen-bond donors (Lipinski definition) is 2. The Kier molecular flexibility index (Phi) is 6.37. The lowest BCUT2D eigenvalue weighted by Crippen LogP contribution is -2.49. The lowest BCUT2D eigenvalue weighted by Gasteiger charge is -2.27. The van der Waals surface area contributed by atoms with Crippen LogP contribution in [-0.4, -0.2) is 29.7 Å². The van der Waals surface area contributed by atoms with Crippen LogP contribution in [-0.2, 0) is 14.3 Å². The summed E-state index contributed by atoms with van der Waals surface area (Å²) in [4.78, 5) is 24.2. The second-order valence-electron chi connectivity index (χ2n) is 4.98. The molecule has 2 atom stereocenters. The SMILES string of the molecule is CCC[C@@](O)(CC)C(=O)N[C@H](C(=O)OC)c1ccccc1. The van der Waals surface area contributed by atoms with Crippen LogP contribution in [0.3, 0.4) is 0 Å². The van der Waals surface area contributed by atoms with E-state index < -0.39 is 23.5 Å². The zero-order valence-electron chi connectivity index (χ0n) is 12.8. The molecule has 0 unspecified atom stereocenters. The second-order valence-corrected chi connectivity index (χ2v) is 4.98. The first-order valence-corrected chi connectivity index (χ1v) is 7.14. The Bertz CT molecular complexity index is 474. The van der Waals surface area contributed by atoms with Gasteiger partial charge in [-0.15, -0.1) is 0 Å². The fourth-order valence-electron chi connectivity index (χ4n) is 2.17. The Labute approximate surface area is 125 Å². The number of rotatable bonds is 7. The van der Waals surface area contributed by atoms with Crippen LogP contribution in [0.5, 0.6) is 0 Å². The first kappa shape index (κ1) is 17.2. The molecule has 1 aromatic carbocycles. The van der Waals surface area contributed by atoms with Crippen molar-refractivity contribution < 1.29 is 19.4 Å². The highest BCUT2D eigenvalue weighted by Crippen LogP contribution is 2.21. The van der Waals surface area contributed by atoms with Crippen LogP contribution in [0.2, 0.25) is 0 Å². The van der Waals surface area contributed by atoms with E-state index in [4.69, 9.17) is 4.74 Å². The van der Waals surface area contributed by atoms with Crippen molar-refractivity contribution >= 4 is 11.9 Å². The number of aliphatic hydroxyl groups is 1. The van der Waals surface area contributed by atoms with Crippen molar-refractivity contribution in [3.05, 3.63) is 35.9 Å². The predicted molar refractivity (Wildman–Crippen MR) is 79.5 cm³/mol. The lowest BCUT2D eigenvalue weighted by molar-refractivity contribution is -0.150. The summed E-state index contributed by atoms with van der Waals surface area (Å²) >= 11 is 0. The maximum absolute atomic E-state index is 12.3. The molecule has 0 heterocycles. The van der Waals surface area contributed by atoms with E-state index in [2.05, 4.69) is 5.32 Å². The predicted octanol–water partition coefficient (Wildman–Crippen LogP) is 1.96. The van der Waals surface area contributed by atoms with Gasteiger partial charge in [0.1, 0.15) is 5.60 Å². The maximum atomic E-state index is 12.3. The molecule has 0 saturated carbocycles. The highest BCUT2D eigenvalue weighted by atomic mass is 16.5. The van der Waals surface area contributed by atoms with Gasteiger partial charge in [-0.1, -0.05) is 50.6 Å². The van der Waals surface area contributed by atoms with E-state index in [1.165, 1.54) is 7.11 Å². The quantitative estimate of drug-likeness (QED) is 0.754. The van der Waals surface area contributed by atoms with E-state index >= 15 is 0 Å². The van der Waals surface area contributed by atoms with Crippen LogP contribution in [0.15, 0.2) is 30.3 Å². The number of hydrogen-bond acceptors (Lipinski definition) is 4. The van der Waals surface area contributed by atoms with Gasteiger partial charge in [-0.05, 0) is 18.4 Å². The number of carbonyl (C=O) groups is 2. The van der Waals surface area contributed by atoms with Crippen molar-refractivity contribution in [3.63, 3.8) is 0 Å². The molecule has 116 valence electrons. The molecule has 0 aliphatic rings. The molecule has 0 saturated heterocycles. The molecule has 0 aliphatic heterocycles. The molecule has 1 aromatic rings. The summed E-state index contributed by atoms with van der Waals surface area (Å²) < 4.78 is 4.74. The summed E-state index contributed by atoms with van der Waals surface area (Å²) in [6.07, 6.45) is 1.30. The lowest BCUT2D eigenvalue weighted by atomic mass is 9.93. The molecule has 0 fully saturated rings. The number of methoxy groups -OCH3 is 1. The first-order chi connectivity index (χ1) is 9.98. The van der Waals surface area contributed by atoms with Gasteiger partial charge in [-0.3, -0.25) is 4.79 Å². The summed E-state index contributed by atoms with van der Waals surface area (Å²) in [6, 6.07) is 7.90. The maximum Gasteiger partial charge on any atom is 0.333 e. The van der Waals surface area contributed by atoms with Gasteiger partial charge in [-0.25, -0.2) is 4.79 Å². The van der Waals surface area contributed by atoms with E-state index in [0.717, 1.165) is 0 Å². The third kappa shape index (κ3) is 4.29. The second kappa shape index (κ2) is 7.78. The summed E-state index contributed by atoms with van der Waals surface area (Å²) in [6.45, 7) is 3.63. The van der Waals surface area contributed by atoms with Crippen LogP contribution < -0.4 is 5.32 Å². The molecule has 5 heteroatoms. The van der Waals surface area contributed by atoms with Gasteiger partial charge in [0.2, 0.25) is 0 Å². The Morgan fingerprint density at radius 1 is 1.29 bits per heavy atom. The minimum Gasteiger partial charge on any atom is -0.467 e. The fourth-order valence-corrected chi connectivity index (χ4v) is 2.17. The standard InChI is InChI=1S/C16H23NO4/c1-4-11-16(20,5-2)15(19)17-13(14(18)21-3)12-9-7-6-8-10-12/h6-10,13,20H,4-5,11H2,1-3H3,(H,17,19)/t13-,16-/m0/s1. The normalized spacial score (nSPS) is 14.9. The van der Waals surface area contributed by atoms with E-state index in [1.54, 1.807) is 31.2 Å². The molecule has 0 bridgehead atoms. The molecule has 1 amide bonds. The van der Waals surface area contributed by atoms with E-state index in [0.29, 0.717) is 18.4 Å². The van der Waals surface area contributed by atoms with Gasteiger partial charge in [-0.2, -0.15) is 0 Å². The molecule has 0 spiro atoms. The van der Waals surface area contributed by atoms with E-state index in [1.807, 2.05) is 13.0 Å². The number of esters is 1. The number of benzene rings is 1. The van der Waals surface area contributed by atoms with Crippen molar-refractivity contribution in [2.45, 2.75) is 44.8 Å². The van der Waals surface area contributed by atoms with Gasteiger partial charge in [0.05, 0.1) is 7.11 Å². The summed E-state index contributed by atoms with van der Waals surface area (Å²) in [5, 5.41) is 13.0. The van der Waals surface area contributed by atoms with Crippen molar-refractivity contribution in [2.24, 2.45) is 0 Å². The summed E-state index contributed by atoms with van der Waals surface area (Å²) in [5.74, 6) is -1.12. The molecule has 0 aromatic heterocycles. The van der Waals surface area contributed by atoms with Crippen molar-refractivity contribution in [3.8, 4) is 0 Å². The zero-order valence-corrected chi connectivity index (χ0v) is 12.8.